The third kappa shape index (κ3) is 8.20. The standard InChI is InChI=1S/C43H51ClN6O5/c1-42(2,3)55-41(53)50-26-33-20-34(50)25-49(33)27-43(4)13-11-36(28-5-7-31(44)8-6-28)30(22-43)24-47-15-17-48(18-16-47)32-9-10-37(40(51)52)38(21-32)54-35-19-29-12-14-45-39(29)46-23-35/h5-10,12,14,19,21,23,33-34H,11,13,15-18,20,22,24-27H2,1-4H3,(H,45,46)(H,51,52). The van der Waals surface area contributed by atoms with Crippen molar-refractivity contribution in [3.8, 4) is 11.5 Å². The Balaban J connectivity index is 0.944. The summed E-state index contributed by atoms with van der Waals surface area (Å²) in [7, 11) is 0. The SMILES string of the molecule is CC1(CN2CC3CC2CN3C(=O)OC(C)(C)C)CCC(c2ccc(Cl)cc2)=C(CN2CCN(c3ccc(C(=O)O)c(Oc4cnc5[nH]ccc5c4)c3)CC2)C1. The number of fused-ring (bicyclic) bond motifs is 3. The van der Waals surface area contributed by atoms with E-state index in [1.807, 2.05) is 68.3 Å². The molecule has 12 heteroatoms. The maximum absolute atomic E-state index is 12.9. The second-order valence-electron chi connectivity index (χ2n) is 17.1. The molecule has 3 fully saturated rings. The highest BCUT2D eigenvalue weighted by Crippen LogP contribution is 2.46. The number of carbonyl (C=O) groups excluding carboxylic acids is 1. The van der Waals surface area contributed by atoms with Crippen LogP contribution in [0, 0.1) is 5.41 Å². The van der Waals surface area contributed by atoms with Crippen molar-refractivity contribution >= 4 is 46.0 Å². The highest BCUT2D eigenvalue weighted by Gasteiger charge is 2.48. The van der Waals surface area contributed by atoms with Crippen LogP contribution >= 0.6 is 11.6 Å². The summed E-state index contributed by atoms with van der Waals surface area (Å²) in [5.74, 6) is -0.251. The number of piperazine rings is 2. The minimum absolute atomic E-state index is 0.112. The van der Waals surface area contributed by atoms with Crippen molar-refractivity contribution in [2.75, 3.05) is 57.3 Å². The number of aromatic carboxylic acids is 1. The Bertz CT molecular complexity index is 2100. The predicted molar refractivity (Wildman–Crippen MR) is 215 cm³/mol. The number of anilines is 1. The van der Waals surface area contributed by atoms with Crippen LogP contribution < -0.4 is 9.64 Å². The molecule has 5 heterocycles. The third-order valence-corrected chi connectivity index (χ3v) is 12.0. The lowest BCUT2D eigenvalue weighted by Gasteiger charge is -2.44. The zero-order valence-corrected chi connectivity index (χ0v) is 32.9. The summed E-state index contributed by atoms with van der Waals surface area (Å²) >= 11 is 6.32. The van der Waals surface area contributed by atoms with Crippen molar-refractivity contribution in [3.63, 3.8) is 0 Å². The van der Waals surface area contributed by atoms with E-state index in [-0.39, 0.29) is 23.1 Å². The summed E-state index contributed by atoms with van der Waals surface area (Å²) in [6.45, 7) is 15.2. The van der Waals surface area contributed by atoms with Crippen molar-refractivity contribution in [3.05, 3.63) is 88.7 Å². The molecule has 2 aromatic carbocycles. The summed E-state index contributed by atoms with van der Waals surface area (Å²) in [5.41, 5.74) is 5.62. The number of hydrogen-bond acceptors (Lipinski definition) is 8. The van der Waals surface area contributed by atoms with Gasteiger partial charge in [0.15, 0.2) is 0 Å². The highest BCUT2D eigenvalue weighted by molar-refractivity contribution is 6.30. The lowest BCUT2D eigenvalue weighted by atomic mass is 9.71. The van der Waals surface area contributed by atoms with E-state index in [1.165, 1.54) is 16.7 Å². The van der Waals surface area contributed by atoms with Crippen molar-refractivity contribution in [1.29, 1.82) is 0 Å². The van der Waals surface area contributed by atoms with Crippen molar-refractivity contribution in [1.82, 2.24) is 24.7 Å². The first-order valence-corrected chi connectivity index (χ1v) is 19.8. The first-order valence-electron chi connectivity index (χ1n) is 19.5. The quantitative estimate of drug-likeness (QED) is 0.174. The Hall–Kier alpha value is -4.58. The van der Waals surface area contributed by atoms with Crippen molar-refractivity contribution < 1.29 is 24.2 Å². The summed E-state index contributed by atoms with van der Waals surface area (Å²) in [6, 6.07) is 18.0. The van der Waals surface area contributed by atoms with Gasteiger partial charge in [0.1, 0.15) is 28.3 Å². The number of amides is 1. The second-order valence-corrected chi connectivity index (χ2v) is 17.6. The van der Waals surface area contributed by atoms with Gasteiger partial charge in [-0.1, -0.05) is 36.2 Å². The molecule has 8 rings (SSSR count). The summed E-state index contributed by atoms with van der Waals surface area (Å²) in [6.07, 6.45) is 7.40. The number of rotatable bonds is 9. The van der Waals surface area contributed by atoms with Gasteiger partial charge in [-0.2, -0.15) is 0 Å². The average Bonchev–Trinajstić information content (AvgIpc) is 3.88. The number of hydrogen-bond donors (Lipinski definition) is 2. The lowest BCUT2D eigenvalue weighted by molar-refractivity contribution is 0.00911. The molecule has 0 spiro atoms. The van der Waals surface area contributed by atoms with Crippen LogP contribution in [0.25, 0.3) is 16.6 Å². The van der Waals surface area contributed by atoms with Crippen LogP contribution in [0.5, 0.6) is 11.5 Å². The molecule has 3 saturated heterocycles. The summed E-state index contributed by atoms with van der Waals surface area (Å²) in [5, 5.41) is 11.6. The average molecular weight is 767 g/mol. The van der Waals surface area contributed by atoms with E-state index < -0.39 is 11.6 Å². The Kier molecular flexibility index (Phi) is 10.1. The maximum Gasteiger partial charge on any atom is 0.410 e. The van der Waals surface area contributed by atoms with Gasteiger partial charge in [0.2, 0.25) is 0 Å². The number of carboxylic acid groups (broad SMARTS) is 1. The normalized spacial score (nSPS) is 23.5. The Labute approximate surface area is 327 Å². The molecule has 2 aromatic heterocycles. The van der Waals surface area contributed by atoms with E-state index in [0.29, 0.717) is 17.5 Å². The number of allylic oxidation sites excluding steroid dienone is 1. The van der Waals surface area contributed by atoms with Gasteiger partial charge >= 0.3 is 12.1 Å². The fourth-order valence-corrected chi connectivity index (χ4v) is 9.21. The zero-order chi connectivity index (χ0) is 38.5. The number of nitrogens with one attached hydrogen (secondary N) is 1. The number of halogens is 1. The third-order valence-electron chi connectivity index (χ3n) is 11.8. The summed E-state index contributed by atoms with van der Waals surface area (Å²) < 4.78 is 11.9. The number of aromatic nitrogens is 2. The van der Waals surface area contributed by atoms with E-state index in [4.69, 9.17) is 21.1 Å². The number of aromatic amines is 1. The molecule has 55 heavy (non-hydrogen) atoms. The monoisotopic (exact) mass is 766 g/mol. The van der Waals surface area contributed by atoms with Gasteiger partial charge in [-0.15, -0.1) is 0 Å². The molecule has 2 N–H and O–H groups in total. The number of carboxylic acids is 1. The van der Waals surface area contributed by atoms with Crippen LogP contribution in [0.4, 0.5) is 10.5 Å². The van der Waals surface area contributed by atoms with Gasteiger partial charge < -0.3 is 29.4 Å². The van der Waals surface area contributed by atoms with Crippen LogP contribution in [0.1, 0.15) is 69.3 Å². The molecule has 290 valence electrons. The summed E-state index contributed by atoms with van der Waals surface area (Å²) in [4.78, 5) is 42.0. The molecule has 1 aliphatic carbocycles. The molecule has 3 unspecified atom stereocenters. The molecular weight excluding hydrogens is 716 g/mol. The minimum Gasteiger partial charge on any atom is -0.478 e. The van der Waals surface area contributed by atoms with Crippen LogP contribution in [0.3, 0.4) is 0 Å². The van der Waals surface area contributed by atoms with Crippen LogP contribution in [-0.2, 0) is 4.74 Å². The Morgan fingerprint density at radius 2 is 1.80 bits per heavy atom. The smallest absolute Gasteiger partial charge is 0.410 e. The molecule has 2 bridgehead atoms. The van der Waals surface area contributed by atoms with Crippen LogP contribution in [-0.4, -0.2) is 112 Å². The molecule has 3 atom stereocenters. The van der Waals surface area contributed by atoms with E-state index in [1.54, 1.807) is 12.3 Å². The Morgan fingerprint density at radius 1 is 1.02 bits per heavy atom. The van der Waals surface area contributed by atoms with Crippen molar-refractivity contribution in [2.24, 2.45) is 5.41 Å². The van der Waals surface area contributed by atoms with Gasteiger partial charge in [0.25, 0.3) is 0 Å². The van der Waals surface area contributed by atoms with E-state index in [2.05, 4.69) is 43.7 Å². The van der Waals surface area contributed by atoms with Gasteiger partial charge in [-0.05, 0) is 99.4 Å². The predicted octanol–water partition coefficient (Wildman–Crippen LogP) is 8.17. The van der Waals surface area contributed by atoms with E-state index in [9.17, 15) is 14.7 Å². The molecule has 0 radical (unpaired) electrons. The topological polar surface area (TPSA) is 114 Å². The number of carbonyl (C=O) groups is 2. The second kappa shape index (κ2) is 14.8. The first kappa shape index (κ1) is 37.3. The first-order chi connectivity index (χ1) is 26.3. The van der Waals surface area contributed by atoms with Crippen LogP contribution in [0.15, 0.2) is 72.6 Å². The minimum atomic E-state index is -1.04. The molecule has 4 aromatic rings. The Morgan fingerprint density at radius 3 is 2.51 bits per heavy atom. The number of H-pyrrole nitrogens is 1. The number of benzene rings is 2. The number of ether oxygens (including phenoxy) is 2. The van der Waals surface area contributed by atoms with Crippen LogP contribution in [0.2, 0.25) is 5.02 Å². The fraction of sp³-hybridized carbons (Fsp3) is 0.465. The highest BCUT2D eigenvalue weighted by atomic mass is 35.5. The number of nitrogens with zero attached hydrogens (tertiary/aromatic N) is 5. The molecule has 11 nitrogen and oxygen atoms in total. The van der Waals surface area contributed by atoms with Gasteiger partial charge in [-0.25, -0.2) is 14.6 Å². The maximum atomic E-state index is 12.9. The lowest BCUT2D eigenvalue weighted by Crippen LogP contribution is -2.52. The molecular formula is C43H51ClN6O5. The zero-order valence-electron chi connectivity index (χ0n) is 32.2. The van der Waals surface area contributed by atoms with Gasteiger partial charge in [0.05, 0.1) is 6.20 Å². The largest absolute Gasteiger partial charge is 0.478 e. The molecule has 4 aliphatic rings. The van der Waals surface area contributed by atoms with Crippen molar-refractivity contribution in [2.45, 2.75) is 71.1 Å². The van der Waals surface area contributed by atoms with Gasteiger partial charge in [0, 0.05) is 92.8 Å². The number of pyridine rings is 1. The molecule has 3 aliphatic heterocycles. The molecule has 0 saturated carbocycles. The fourth-order valence-electron chi connectivity index (χ4n) is 9.08. The van der Waals surface area contributed by atoms with Gasteiger partial charge in [-0.3, -0.25) is 9.80 Å². The number of likely N-dealkylation sites (tertiary alicyclic amines) is 2. The molecule has 1 amide bonds. The van der Waals surface area contributed by atoms with E-state index >= 15 is 0 Å². The van der Waals surface area contributed by atoms with E-state index in [0.717, 1.165) is 99.8 Å².